The summed E-state index contributed by atoms with van der Waals surface area (Å²) in [7, 11) is 0. The van der Waals surface area contributed by atoms with E-state index in [9.17, 15) is 9.59 Å². The van der Waals surface area contributed by atoms with E-state index in [4.69, 9.17) is 0 Å². The first-order valence-electron chi connectivity index (χ1n) is 5.41. The first-order valence-corrected chi connectivity index (χ1v) is 7.19. The number of aromatic amines is 1. The normalized spacial score (nSPS) is 10.4. The average molecular weight is 340 g/mol. The number of thioether (sulfide) groups is 1. The summed E-state index contributed by atoms with van der Waals surface area (Å²) in [5.41, 5.74) is 0.638. The predicted molar refractivity (Wildman–Crippen MR) is 76.6 cm³/mol. The maximum atomic E-state index is 11.9. The minimum Gasteiger partial charge on any atom is -0.298 e. The highest BCUT2D eigenvalue weighted by molar-refractivity contribution is 9.10. The quantitative estimate of drug-likeness (QED) is 0.682. The van der Waals surface area contributed by atoms with Crippen molar-refractivity contribution in [3.63, 3.8) is 0 Å². The molecule has 0 amide bonds. The maximum Gasteiger partial charge on any atom is 0.273 e. The van der Waals surface area contributed by atoms with Crippen LogP contribution in [0.3, 0.4) is 0 Å². The van der Waals surface area contributed by atoms with Crippen LogP contribution in [0.1, 0.15) is 16.1 Å². The number of nitrogens with zero attached hydrogens (tertiary/aromatic N) is 2. The third kappa shape index (κ3) is 3.74. The first-order chi connectivity index (χ1) is 9.06. The minimum absolute atomic E-state index is 0.0328. The van der Waals surface area contributed by atoms with Gasteiger partial charge in [-0.15, -0.1) is 10.2 Å². The molecule has 0 atom stereocenters. The summed E-state index contributed by atoms with van der Waals surface area (Å²) in [6.45, 7) is 1.58. The monoisotopic (exact) mass is 339 g/mol. The molecule has 5 nitrogen and oxygen atoms in total. The highest BCUT2D eigenvalue weighted by Crippen LogP contribution is 2.16. The van der Waals surface area contributed by atoms with E-state index in [1.54, 1.807) is 25.1 Å². The van der Waals surface area contributed by atoms with Gasteiger partial charge in [0, 0.05) is 10.0 Å². The van der Waals surface area contributed by atoms with Crippen LogP contribution in [-0.2, 0) is 0 Å². The number of rotatable bonds is 4. The molecule has 0 aliphatic carbocycles. The Morgan fingerprint density at radius 2 is 2.21 bits per heavy atom. The van der Waals surface area contributed by atoms with E-state index in [1.165, 1.54) is 0 Å². The van der Waals surface area contributed by atoms with Gasteiger partial charge in [0.25, 0.3) is 5.56 Å². The lowest BCUT2D eigenvalue weighted by Crippen LogP contribution is -2.14. The van der Waals surface area contributed by atoms with Crippen LogP contribution in [0.5, 0.6) is 0 Å². The lowest BCUT2D eigenvalue weighted by atomic mass is 10.2. The summed E-state index contributed by atoms with van der Waals surface area (Å²) in [6.07, 6.45) is 0. The van der Waals surface area contributed by atoms with Crippen molar-refractivity contribution >= 4 is 33.5 Å². The second-order valence-corrected chi connectivity index (χ2v) is 5.65. The van der Waals surface area contributed by atoms with Crippen LogP contribution in [0.2, 0.25) is 0 Å². The molecule has 1 N–H and O–H groups in total. The van der Waals surface area contributed by atoms with Gasteiger partial charge in [0.05, 0.1) is 5.75 Å². The summed E-state index contributed by atoms with van der Waals surface area (Å²) in [4.78, 5) is 25.8. The second kappa shape index (κ2) is 6.12. The van der Waals surface area contributed by atoms with E-state index in [2.05, 4.69) is 31.1 Å². The third-order valence-electron chi connectivity index (χ3n) is 2.33. The Morgan fingerprint density at radius 3 is 2.89 bits per heavy atom. The molecule has 19 heavy (non-hydrogen) atoms. The van der Waals surface area contributed by atoms with Crippen LogP contribution in [0, 0.1) is 6.92 Å². The van der Waals surface area contributed by atoms with Crippen LogP contribution in [0.15, 0.2) is 38.7 Å². The van der Waals surface area contributed by atoms with E-state index in [1.807, 2.05) is 6.07 Å². The number of aryl methyl sites for hydroxylation is 1. The van der Waals surface area contributed by atoms with Crippen molar-refractivity contribution in [2.24, 2.45) is 0 Å². The van der Waals surface area contributed by atoms with Gasteiger partial charge in [0.15, 0.2) is 10.9 Å². The standard InChI is InChI=1S/C12H10BrN3O2S/c1-7-11(18)14-12(16-15-7)19-6-10(17)8-3-2-4-9(13)5-8/h2-5H,6H2,1H3,(H,14,16,18). The number of carbonyl (C=O) groups excluding carboxylic acids is 1. The Morgan fingerprint density at radius 1 is 1.42 bits per heavy atom. The van der Waals surface area contributed by atoms with Crippen LogP contribution in [0.4, 0.5) is 0 Å². The van der Waals surface area contributed by atoms with E-state index >= 15 is 0 Å². The summed E-state index contributed by atoms with van der Waals surface area (Å²) in [5, 5.41) is 7.87. The van der Waals surface area contributed by atoms with Gasteiger partial charge in [-0.25, -0.2) is 0 Å². The molecule has 0 unspecified atom stereocenters. The van der Waals surface area contributed by atoms with Crippen LogP contribution >= 0.6 is 27.7 Å². The molecule has 0 aliphatic rings. The summed E-state index contributed by atoms with van der Waals surface area (Å²) < 4.78 is 0.854. The fourth-order valence-corrected chi connectivity index (χ4v) is 2.42. The Kier molecular flexibility index (Phi) is 4.49. The van der Waals surface area contributed by atoms with E-state index in [0.717, 1.165) is 16.2 Å². The molecule has 1 aromatic heterocycles. The maximum absolute atomic E-state index is 11.9. The predicted octanol–water partition coefficient (Wildman–Crippen LogP) is 2.21. The van der Waals surface area contributed by atoms with Crippen molar-refractivity contribution in [2.45, 2.75) is 12.1 Å². The number of benzene rings is 1. The number of Topliss-reactive ketones (excluding diaryl/α,β-unsaturated/α-hetero) is 1. The molecule has 0 saturated carbocycles. The van der Waals surface area contributed by atoms with Gasteiger partial charge < -0.3 is 0 Å². The molecule has 0 saturated heterocycles. The molecule has 0 bridgehead atoms. The lowest BCUT2D eigenvalue weighted by Gasteiger charge is -2.01. The molecular formula is C12H10BrN3O2S. The highest BCUT2D eigenvalue weighted by Gasteiger charge is 2.09. The summed E-state index contributed by atoms with van der Waals surface area (Å²) in [5.74, 6) is 0.166. The van der Waals surface area contributed by atoms with Gasteiger partial charge in [0.2, 0.25) is 0 Å². The second-order valence-electron chi connectivity index (χ2n) is 3.77. The average Bonchev–Trinajstić information content (AvgIpc) is 2.40. The number of ketones is 1. The van der Waals surface area contributed by atoms with E-state index in [0.29, 0.717) is 16.4 Å². The van der Waals surface area contributed by atoms with Gasteiger partial charge >= 0.3 is 0 Å². The van der Waals surface area contributed by atoms with Crippen molar-refractivity contribution in [1.29, 1.82) is 0 Å². The van der Waals surface area contributed by atoms with E-state index < -0.39 is 0 Å². The van der Waals surface area contributed by atoms with Crippen molar-refractivity contribution in [3.05, 3.63) is 50.3 Å². The van der Waals surface area contributed by atoms with Gasteiger partial charge in [-0.3, -0.25) is 14.6 Å². The van der Waals surface area contributed by atoms with Crippen molar-refractivity contribution in [1.82, 2.24) is 15.2 Å². The Bertz CT molecular complexity index is 672. The topological polar surface area (TPSA) is 75.7 Å². The zero-order valence-electron chi connectivity index (χ0n) is 10.0. The van der Waals surface area contributed by atoms with Gasteiger partial charge in [0.1, 0.15) is 5.69 Å². The Balaban J connectivity index is 2.04. The SMILES string of the molecule is Cc1nnc(SCC(=O)c2cccc(Br)c2)[nH]c1=O. The fraction of sp³-hybridized carbons (Fsp3) is 0.167. The molecule has 0 fully saturated rings. The number of H-pyrrole nitrogens is 1. The highest BCUT2D eigenvalue weighted by atomic mass is 79.9. The van der Waals surface area contributed by atoms with Gasteiger partial charge in [-0.1, -0.05) is 39.8 Å². The molecule has 98 valence electrons. The van der Waals surface area contributed by atoms with Crippen LogP contribution in [-0.4, -0.2) is 26.7 Å². The lowest BCUT2D eigenvalue weighted by molar-refractivity contribution is 0.102. The number of aromatic nitrogens is 3. The van der Waals surface area contributed by atoms with Crippen LogP contribution < -0.4 is 5.56 Å². The molecule has 7 heteroatoms. The zero-order valence-corrected chi connectivity index (χ0v) is 12.4. The summed E-state index contributed by atoms with van der Waals surface area (Å²) in [6, 6.07) is 7.16. The molecule has 1 heterocycles. The smallest absolute Gasteiger partial charge is 0.273 e. The van der Waals surface area contributed by atoms with Gasteiger partial charge in [-0.05, 0) is 19.1 Å². The van der Waals surface area contributed by atoms with Crippen molar-refractivity contribution < 1.29 is 4.79 Å². The van der Waals surface area contributed by atoms with Crippen molar-refractivity contribution in [3.8, 4) is 0 Å². The Labute approximate surface area is 122 Å². The Hall–Kier alpha value is -1.47. The fourth-order valence-electron chi connectivity index (χ4n) is 1.32. The first kappa shape index (κ1) is 14.0. The molecule has 0 radical (unpaired) electrons. The van der Waals surface area contributed by atoms with Gasteiger partial charge in [-0.2, -0.15) is 0 Å². The summed E-state index contributed by atoms with van der Waals surface area (Å²) >= 11 is 4.47. The number of halogens is 1. The molecule has 0 aliphatic heterocycles. The molecular weight excluding hydrogens is 330 g/mol. The largest absolute Gasteiger partial charge is 0.298 e. The number of hydrogen-bond acceptors (Lipinski definition) is 5. The van der Waals surface area contributed by atoms with E-state index in [-0.39, 0.29) is 17.1 Å². The zero-order chi connectivity index (χ0) is 13.8. The van der Waals surface area contributed by atoms with Crippen molar-refractivity contribution in [2.75, 3.05) is 5.75 Å². The van der Waals surface area contributed by atoms with Crippen LogP contribution in [0.25, 0.3) is 0 Å². The number of carbonyl (C=O) groups is 1. The molecule has 2 rings (SSSR count). The molecule has 0 spiro atoms. The number of hydrogen-bond donors (Lipinski definition) is 1. The molecule has 1 aromatic carbocycles. The third-order valence-corrected chi connectivity index (χ3v) is 3.68. The number of nitrogens with one attached hydrogen (secondary N) is 1. The minimum atomic E-state index is -0.285. The molecule has 2 aromatic rings.